The van der Waals surface area contributed by atoms with Crippen molar-refractivity contribution in [2.24, 2.45) is 5.92 Å². The van der Waals surface area contributed by atoms with Gasteiger partial charge in [-0.25, -0.2) is 0 Å². The molecule has 1 fully saturated rings. The first-order chi connectivity index (χ1) is 9.74. The molecule has 0 unspecified atom stereocenters. The van der Waals surface area contributed by atoms with Crippen LogP contribution in [0.1, 0.15) is 60.9 Å². The number of amides is 1. The van der Waals surface area contributed by atoms with Gasteiger partial charge in [0.25, 0.3) is 0 Å². The van der Waals surface area contributed by atoms with Crippen molar-refractivity contribution < 1.29 is 9.59 Å². The maximum absolute atomic E-state index is 12.6. The second-order valence-corrected chi connectivity index (χ2v) is 6.00. The molecule has 1 aliphatic carbocycles. The van der Waals surface area contributed by atoms with Crippen LogP contribution < -0.4 is 5.32 Å². The number of ketones is 1. The maximum Gasteiger partial charge on any atom is 0.228 e. The van der Waals surface area contributed by atoms with Crippen LogP contribution in [0.5, 0.6) is 0 Å². The molecule has 106 valence electrons. The maximum atomic E-state index is 12.6. The van der Waals surface area contributed by atoms with E-state index in [-0.39, 0.29) is 17.6 Å². The summed E-state index contributed by atoms with van der Waals surface area (Å²) in [5.74, 6) is 0.475. The summed E-state index contributed by atoms with van der Waals surface area (Å²) in [4.78, 5) is 24.0. The predicted octanol–water partition coefficient (Wildman–Crippen LogP) is 3.72. The second-order valence-electron chi connectivity index (χ2n) is 6.00. The molecule has 20 heavy (non-hydrogen) atoms. The van der Waals surface area contributed by atoms with Crippen molar-refractivity contribution >= 4 is 17.4 Å². The molecular formula is C17H21NO2. The van der Waals surface area contributed by atoms with Gasteiger partial charge in [0, 0.05) is 17.2 Å². The fourth-order valence-electron chi connectivity index (χ4n) is 3.34. The highest BCUT2D eigenvalue weighted by Gasteiger charge is 2.23. The molecule has 1 amide bonds. The molecule has 1 aromatic rings. The van der Waals surface area contributed by atoms with Gasteiger partial charge in [0.05, 0.1) is 6.42 Å². The molecule has 1 saturated carbocycles. The summed E-state index contributed by atoms with van der Waals surface area (Å²) < 4.78 is 0. The standard InChI is InChI=1S/C17H21NO2/c19-16-11-14-10-13(8-9-15(14)18-16)17(20)12-6-4-2-1-3-5-7-12/h8-10,12H,1-7,11H2,(H,18,19). The van der Waals surface area contributed by atoms with Crippen molar-refractivity contribution in [3.63, 3.8) is 0 Å². The molecular weight excluding hydrogens is 250 g/mol. The van der Waals surface area contributed by atoms with E-state index in [2.05, 4.69) is 5.32 Å². The molecule has 1 aliphatic heterocycles. The lowest BCUT2D eigenvalue weighted by Crippen LogP contribution is -2.16. The van der Waals surface area contributed by atoms with Crippen LogP contribution >= 0.6 is 0 Å². The number of nitrogens with one attached hydrogen (secondary N) is 1. The lowest BCUT2D eigenvalue weighted by molar-refractivity contribution is -0.115. The van der Waals surface area contributed by atoms with Crippen molar-refractivity contribution in [1.82, 2.24) is 0 Å². The van der Waals surface area contributed by atoms with Gasteiger partial charge in [-0.3, -0.25) is 9.59 Å². The summed E-state index contributed by atoms with van der Waals surface area (Å²) in [5, 5.41) is 2.81. The zero-order valence-corrected chi connectivity index (χ0v) is 11.8. The van der Waals surface area contributed by atoms with E-state index in [9.17, 15) is 9.59 Å². The number of anilines is 1. The third kappa shape index (κ3) is 2.77. The van der Waals surface area contributed by atoms with Gasteiger partial charge in [0.15, 0.2) is 5.78 Å². The van der Waals surface area contributed by atoms with Crippen LogP contribution in [0.3, 0.4) is 0 Å². The number of rotatable bonds is 2. The summed E-state index contributed by atoms with van der Waals surface area (Å²) in [6, 6.07) is 5.65. The first-order valence-corrected chi connectivity index (χ1v) is 7.71. The Hall–Kier alpha value is -1.64. The molecule has 3 heteroatoms. The van der Waals surface area contributed by atoms with Gasteiger partial charge in [-0.15, -0.1) is 0 Å². The molecule has 0 saturated heterocycles. The first kappa shape index (κ1) is 13.3. The fourth-order valence-corrected chi connectivity index (χ4v) is 3.34. The Balaban J connectivity index is 1.76. The van der Waals surface area contributed by atoms with Crippen LogP contribution in [0.4, 0.5) is 5.69 Å². The highest BCUT2D eigenvalue weighted by molar-refractivity contribution is 6.02. The Bertz CT molecular complexity index is 528. The van der Waals surface area contributed by atoms with Gasteiger partial charge in [0.2, 0.25) is 5.91 Å². The highest BCUT2D eigenvalue weighted by atomic mass is 16.1. The molecule has 1 N–H and O–H groups in total. The van der Waals surface area contributed by atoms with E-state index in [0.717, 1.165) is 29.7 Å². The van der Waals surface area contributed by atoms with Crippen molar-refractivity contribution in [2.75, 3.05) is 5.32 Å². The van der Waals surface area contributed by atoms with Gasteiger partial charge in [-0.2, -0.15) is 0 Å². The van der Waals surface area contributed by atoms with E-state index in [1.165, 1.54) is 32.1 Å². The molecule has 0 radical (unpaired) electrons. The average Bonchev–Trinajstić information content (AvgIpc) is 2.76. The highest BCUT2D eigenvalue weighted by Crippen LogP contribution is 2.28. The van der Waals surface area contributed by atoms with Gasteiger partial charge in [0.1, 0.15) is 0 Å². The number of carbonyl (C=O) groups excluding carboxylic acids is 2. The van der Waals surface area contributed by atoms with E-state index >= 15 is 0 Å². The quantitative estimate of drug-likeness (QED) is 0.833. The molecule has 2 aliphatic rings. The van der Waals surface area contributed by atoms with Crippen LogP contribution in [-0.2, 0) is 11.2 Å². The lowest BCUT2D eigenvalue weighted by Gasteiger charge is -2.18. The fraction of sp³-hybridized carbons (Fsp3) is 0.529. The van der Waals surface area contributed by atoms with E-state index < -0.39 is 0 Å². The normalized spacial score (nSPS) is 19.9. The van der Waals surface area contributed by atoms with Gasteiger partial charge >= 0.3 is 0 Å². The summed E-state index contributed by atoms with van der Waals surface area (Å²) in [7, 11) is 0. The van der Waals surface area contributed by atoms with Crippen LogP contribution in [-0.4, -0.2) is 11.7 Å². The first-order valence-electron chi connectivity index (χ1n) is 7.71. The molecule has 1 heterocycles. The van der Waals surface area contributed by atoms with Gasteiger partial charge in [-0.1, -0.05) is 32.1 Å². The topological polar surface area (TPSA) is 46.2 Å². The molecule has 0 atom stereocenters. The largest absolute Gasteiger partial charge is 0.326 e. The number of hydrogen-bond acceptors (Lipinski definition) is 2. The number of hydrogen-bond donors (Lipinski definition) is 1. The van der Waals surface area contributed by atoms with E-state index in [4.69, 9.17) is 0 Å². The molecule has 3 nitrogen and oxygen atoms in total. The smallest absolute Gasteiger partial charge is 0.228 e. The minimum atomic E-state index is 0.0237. The third-order valence-corrected chi connectivity index (χ3v) is 4.49. The Labute approximate surface area is 119 Å². The SMILES string of the molecule is O=C1Cc2cc(C(=O)C3CCCCCCC3)ccc2N1. The summed E-state index contributed by atoms with van der Waals surface area (Å²) in [6.45, 7) is 0. The zero-order chi connectivity index (χ0) is 13.9. The molecule has 3 rings (SSSR count). The van der Waals surface area contributed by atoms with E-state index in [1.807, 2.05) is 18.2 Å². The average molecular weight is 271 g/mol. The van der Waals surface area contributed by atoms with Gasteiger partial charge < -0.3 is 5.32 Å². The van der Waals surface area contributed by atoms with Crippen molar-refractivity contribution in [1.29, 1.82) is 0 Å². The van der Waals surface area contributed by atoms with Crippen LogP contribution in [0.25, 0.3) is 0 Å². The van der Waals surface area contributed by atoms with Crippen molar-refractivity contribution in [3.8, 4) is 0 Å². The predicted molar refractivity (Wildman–Crippen MR) is 78.9 cm³/mol. The summed E-state index contributed by atoms with van der Waals surface area (Å²) in [6.07, 6.45) is 8.61. The summed E-state index contributed by atoms with van der Waals surface area (Å²) >= 11 is 0. The number of fused-ring (bicyclic) bond motifs is 1. The van der Waals surface area contributed by atoms with Crippen LogP contribution in [0.2, 0.25) is 0 Å². The molecule has 0 aromatic heterocycles. The lowest BCUT2D eigenvalue weighted by atomic mass is 9.85. The van der Waals surface area contributed by atoms with E-state index in [0.29, 0.717) is 6.42 Å². The molecule has 1 aromatic carbocycles. The van der Waals surface area contributed by atoms with Crippen LogP contribution in [0, 0.1) is 5.92 Å². The zero-order valence-electron chi connectivity index (χ0n) is 11.8. The monoisotopic (exact) mass is 271 g/mol. The van der Waals surface area contributed by atoms with Crippen molar-refractivity contribution in [2.45, 2.75) is 51.4 Å². The molecule has 0 spiro atoms. The van der Waals surface area contributed by atoms with Gasteiger partial charge in [-0.05, 0) is 36.6 Å². The Morgan fingerprint density at radius 1 is 1.05 bits per heavy atom. The number of Topliss-reactive ketones (excluding diaryl/α,β-unsaturated/α-hetero) is 1. The minimum absolute atomic E-state index is 0.0237. The van der Waals surface area contributed by atoms with Crippen LogP contribution in [0.15, 0.2) is 18.2 Å². The molecule has 0 bridgehead atoms. The summed E-state index contributed by atoms with van der Waals surface area (Å²) in [5.41, 5.74) is 2.61. The minimum Gasteiger partial charge on any atom is -0.326 e. The second kappa shape index (κ2) is 5.78. The van der Waals surface area contributed by atoms with E-state index in [1.54, 1.807) is 0 Å². The third-order valence-electron chi connectivity index (χ3n) is 4.49. The number of carbonyl (C=O) groups is 2. The number of benzene rings is 1. The Kier molecular flexibility index (Phi) is 3.86. The Morgan fingerprint density at radius 3 is 2.50 bits per heavy atom. The Morgan fingerprint density at radius 2 is 1.75 bits per heavy atom. The van der Waals surface area contributed by atoms with Crippen molar-refractivity contribution in [3.05, 3.63) is 29.3 Å².